The summed E-state index contributed by atoms with van der Waals surface area (Å²) in [5, 5.41) is 9.10. The normalized spacial score (nSPS) is 10.9. The van der Waals surface area contributed by atoms with Gasteiger partial charge in [-0.3, -0.25) is 0 Å². The zero-order chi connectivity index (χ0) is 13.9. The molecule has 0 amide bonds. The van der Waals surface area contributed by atoms with Crippen LogP contribution in [-0.4, -0.2) is 13.5 Å². The highest BCUT2D eigenvalue weighted by atomic mass is 32.2. The van der Waals surface area contributed by atoms with Gasteiger partial charge < -0.3 is 0 Å². The first-order valence-corrected chi connectivity index (χ1v) is 6.80. The molecule has 0 aliphatic heterocycles. The molecule has 7 heteroatoms. The van der Waals surface area contributed by atoms with E-state index < -0.39 is 15.1 Å². The predicted molar refractivity (Wildman–Crippen MR) is 69.2 cm³/mol. The fourth-order valence-corrected chi connectivity index (χ4v) is 2.40. The molecule has 0 spiro atoms. The van der Waals surface area contributed by atoms with Gasteiger partial charge in [0, 0.05) is 0 Å². The van der Waals surface area contributed by atoms with Gasteiger partial charge in [0.05, 0.1) is 4.90 Å². The Hall–Kier alpha value is -2.41. The molecule has 2 aromatic rings. The zero-order valence-electron chi connectivity index (χ0n) is 9.68. The number of nitrogens with zero attached hydrogens (tertiary/aromatic N) is 1. The minimum absolute atomic E-state index is 0.149. The lowest BCUT2D eigenvalue weighted by molar-refractivity contribution is -0.518. The van der Waals surface area contributed by atoms with Crippen molar-refractivity contribution < 1.29 is 13.5 Å². The monoisotopic (exact) mass is 278 g/mol. The van der Waals surface area contributed by atoms with Crippen molar-refractivity contribution in [1.29, 1.82) is 0 Å². The molecule has 0 atom stereocenters. The molecule has 19 heavy (non-hydrogen) atoms. The Labute approximate surface area is 109 Å². The summed E-state index contributed by atoms with van der Waals surface area (Å²) in [4.78, 5) is 11.3. The van der Waals surface area contributed by atoms with Crippen molar-refractivity contribution in [2.75, 3.05) is 0 Å². The summed E-state index contributed by atoms with van der Waals surface area (Å²) >= 11 is 0. The van der Waals surface area contributed by atoms with Gasteiger partial charge in [0.1, 0.15) is 0 Å². The van der Waals surface area contributed by atoms with Crippen molar-refractivity contribution in [1.82, 2.24) is 4.83 Å². The SMILES string of the molecule is O=[N+]([O-])NS(=O)(=O)c1ccc(-c2ccccc2)cc1. The molecule has 0 radical (unpaired) electrons. The average Bonchev–Trinajstić information content (AvgIpc) is 2.38. The number of benzene rings is 2. The van der Waals surface area contributed by atoms with Crippen LogP contribution in [0.3, 0.4) is 0 Å². The van der Waals surface area contributed by atoms with E-state index in [0.717, 1.165) is 11.1 Å². The highest BCUT2D eigenvalue weighted by Crippen LogP contribution is 2.20. The number of nitro groups is 1. The van der Waals surface area contributed by atoms with Gasteiger partial charge in [-0.2, -0.15) is 8.42 Å². The standard InChI is InChI=1S/C12H10N2O4S/c15-14(16)13-19(17,18)12-8-6-11(7-9-12)10-4-2-1-3-5-10/h1-9,13H. The van der Waals surface area contributed by atoms with Crippen LogP contribution >= 0.6 is 0 Å². The van der Waals surface area contributed by atoms with Gasteiger partial charge in [-0.1, -0.05) is 42.5 Å². The molecule has 0 bridgehead atoms. The van der Waals surface area contributed by atoms with Crippen molar-refractivity contribution in [2.24, 2.45) is 0 Å². The Morgan fingerprint density at radius 3 is 1.95 bits per heavy atom. The summed E-state index contributed by atoms with van der Waals surface area (Å²) in [6, 6.07) is 15.2. The first-order chi connectivity index (χ1) is 8.99. The van der Waals surface area contributed by atoms with Crippen LogP contribution in [-0.2, 0) is 10.0 Å². The van der Waals surface area contributed by atoms with Gasteiger partial charge in [0.25, 0.3) is 0 Å². The Morgan fingerprint density at radius 1 is 0.895 bits per heavy atom. The molecule has 1 N–H and O–H groups in total. The van der Waals surface area contributed by atoms with Gasteiger partial charge in [-0.05, 0) is 28.1 Å². The molecule has 0 fully saturated rings. The second-order valence-corrected chi connectivity index (χ2v) is 5.40. The molecular formula is C12H10N2O4S. The molecule has 0 saturated carbocycles. The van der Waals surface area contributed by atoms with Crippen molar-refractivity contribution >= 4 is 10.0 Å². The van der Waals surface area contributed by atoms with E-state index in [1.165, 1.54) is 17.0 Å². The molecule has 2 rings (SSSR count). The van der Waals surface area contributed by atoms with Crippen LogP contribution in [0.1, 0.15) is 0 Å². The lowest BCUT2D eigenvalue weighted by Crippen LogP contribution is -2.29. The Balaban J connectivity index is 2.32. The van der Waals surface area contributed by atoms with Crippen LogP contribution in [0.15, 0.2) is 59.5 Å². The summed E-state index contributed by atoms with van der Waals surface area (Å²) < 4.78 is 23.1. The van der Waals surface area contributed by atoms with Crippen LogP contribution in [0.2, 0.25) is 0 Å². The highest BCUT2D eigenvalue weighted by Gasteiger charge is 2.18. The summed E-state index contributed by atoms with van der Waals surface area (Å²) in [7, 11) is -4.11. The second kappa shape index (κ2) is 5.07. The largest absolute Gasteiger partial charge is 0.311 e. The molecule has 2 aromatic carbocycles. The van der Waals surface area contributed by atoms with Crippen molar-refractivity contribution in [3.8, 4) is 11.1 Å². The van der Waals surface area contributed by atoms with E-state index >= 15 is 0 Å². The first-order valence-electron chi connectivity index (χ1n) is 5.31. The van der Waals surface area contributed by atoms with Gasteiger partial charge in [-0.25, -0.2) is 10.1 Å². The number of hydrogen-bond acceptors (Lipinski definition) is 4. The third kappa shape index (κ3) is 3.08. The van der Waals surface area contributed by atoms with E-state index in [0.29, 0.717) is 0 Å². The third-order valence-corrected chi connectivity index (χ3v) is 3.75. The molecule has 0 aliphatic carbocycles. The molecule has 0 unspecified atom stereocenters. The van der Waals surface area contributed by atoms with Crippen LogP contribution < -0.4 is 4.83 Å². The van der Waals surface area contributed by atoms with E-state index in [9.17, 15) is 18.5 Å². The van der Waals surface area contributed by atoms with Crippen LogP contribution in [0.4, 0.5) is 0 Å². The minimum atomic E-state index is -4.11. The molecule has 0 aromatic heterocycles. The molecule has 0 heterocycles. The highest BCUT2D eigenvalue weighted by molar-refractivity contribution is 7.89. The fraction of sp³-hybridized carbons (Fsp3) is 0. The quantitative estimate of drug-likeness (QED) is 0.682. The number of sulfonamides is 1. The molecule has 0 aliphatic rings. The summed E-state index contributed by atoms with van der Waals surface area (Å²) in [5.41, 5.74) is 1.77. The zero-order valence-corrected chi connectivity index (χ0v) is 10.5. The molecule has 6 nitrogen and oxygen atoms in total. The van der Waals surface area contributed by atoms with Crippen molar-refractivity contribution in [3.05, 3.63) is 64.7 Å². The first kappa shape index (κ1) is 13.0. The third-order valence-electron chi connectivity index (χ3n) is 2.47. The Kier molecular flexibility index (Phi) is 3.48. The summed E-state index contributed by atoms with van der Waals surface area (Å²) in [6.45, 7) is 0. The van der Waals surface area contributed by atoms with E-state index in [2.05, 4.69) is 0 Å². The van der Waals surface area contributed by atoms with Crippen LogP contribution in [0.25, 0.3) is 11.1 Å². The lowest BCUT2D eigenvalue weighted by atomic mass is 10.1. The van der Waals surface area contributed by atoms with E-state index in [4.69, 9.17) is 0 Å². The topological polar surface area (TPSA) is 89.3 Å². The lowest BCUT2D eigenvalue weighted by Gasteiger charge is -2.04. The maximum atomic E-state index is 11.5. The fourth-order valence-electron chi connectivity index (χ4n) is 1.61. The predicted octanol–water partition coefficient (Wildman–Crippen LogP) is 1.82. The van der Waals surface area contributed by atoms with Gasteiger partial charge in [0.2, 0.25) is 0 Å². The minimum Gasteiger partial charge on any atom is -0.234 e. The number of hydrazine groups is 1. The summed E-state index contributed by atoms with van der Waals surface area (Å²) in [5.74, 6) is 0. The number of hydrogen-bond donors (Lipinski definition) is 1. The maximum absolute atomic E-state index is 11.5. The number of nitrogens with one attached hydrogen (secondary N) is 1. The summed E-state index contributed by atoms with van der Waals surface area (Å²) in [6.07, 6.45) is 0. The van der Waals surface area contributed by atoms with E-state index in [1.807, 2.05) is 30.3 Å². The van der Waals surface area contributed by atoms with Crippen molar-refractivity contribution in [3.63, 3.8) is 0 Å². The molecule has 0 saturated heterocycles. The average molecular weight is 278 g/mol. The van der Waals surface area contributed by atoms with E-state index in [-0.39, 0.29) is 4.90 Å². The molecule has 98 valence electrons. The van der Waals surface area contributed by atoms with Gasteiger partial charge in [-0.15, -0.1) is 0 Å². The Morgan fingerprint density at radius 2 is 1.42 bits per heavy atom. The number of rotatable bonds is 4. The Bertz CT molecular complexity index is 681. The maximum Gasteiger partial charge on any atom is 0.311 e. The van der Waals surface area contributed by atoms with Gasteiger partial charge >= 0.3 is 10.0 Å². The van der Waals surface area contributed by atoms with E-state index in [1.54, 1.807) is 12.1 Å². The smallest absolute Gasteiger partial charge is 0.234 e. The van der Waals surface area contributed by atoms with Gasteiger partial charge in [0.15, 0.2) is 5.03 Å². The van der Waals surface area contributed by atoms with Crippen molar-refractivity contribution in [2.45, 2.75) is 4.90 Å². The van der Waals surface area contributed by atoms with Crippen LogP contribution in [0.5, 0.6) is 0 Å². The second-order valence-electron chi connectivity index (χ2n) is 3.74. The molecular weight excluding hydrogens is 268 g/mol. The van der Waals surface area contributed by atoms with Crippen LogP contribution in [0, 0.1) is 10.1 Å².